The molecule has 0 saturated carbocycles. The number of hydrogen-bond donors (Lipinski definition) is 1. The van der Waals surface area contributed by atoms with Gasteiger partial charge in [0.15, 0.2) is 5.06 Å². The number of ether oxygens (including phenoxy) is 1. The molecule has 1 aliphatic rings. The molecular weight excluding hydrogens is 312 g/mol. The molecule has 0 spiro atoms. The number of likely N-dealkylation sites (tertiary alicyclic amines) is 1. The van der Waals surface area contributed by atoms with Gasteiger partial charge in [-0.2, -0.15) is 0 Å². The predicted octanol–water partition coefficient (Wildman–Crippen LogP) is 2.47. The molecule has 1 aromatic heterocycles. The minimum absolute atomic E-state index is 0. The molecule has 92 valence electrons. The highest BCUT2D eigenvalue weighted by molar-refractivity contribution is 9.10. The Morgan fingerprint density at radius 1 is 1.69 bits per heavy atom. The van der Waals surface area contributed by atoms with Crippen LogP contribution < -0.4 is 10.5 Å². The summed E-state index contributed by atoms with van der Waals surface area (Å²) in [5.41, 5.74) is 5.87. The highest BCUT2D eigenvalue weighted by Gasteiger charge is 2.20. The van der Waals surface area contributed by atoms with Gasteiger partial charge in [0.05, 0.1) is 11.6 Å². The van der Waals surface area contributed by atoms with Crippen LogP contribution in [0.3, 0.4) is 0 Å². The van der Waals surface area contributed by atoms with E-state index in [9.17, 15) is 0 Å². The van der Waals surface area contributed by atoms with Gasteiger partial charge in [-0.1, -0.05) is 0 Å². The van der Waals surface area contributed by atoms with Gasteiger partial charge in [-0.05, 0) is 28.4 Å². The molecule has 1 atom stereocenters. The molecule has 0 radical (unpaired) electrons. The Hall–Kier alpha value is 0.190. The molecule has 2 heterocycles. The fourth-order valence-electron chi connectivity index (χ4n) is 1.84. The number of methoxy groups -OCH3 is 1. The van der Waals surface area contributed by atoms with Crippen molar-refractivity contribution in [1.82, 2.24) is 4.90 Å². The minimum atomic E-state index is 0. The molecule has 1 aromatic rings. The maximum Gasteiger partial charge on any atom is 0.188 e. The number of hydrogen-bond acceptors (Lipinski definition) is 4. The van der Waals surface area contributed by atoms with E-state index < -0.39 is 0 Å². The van der Waals surface area contributed by atoms with E-state index in [1.165, 1.54) is 4.88 Å². The molecule has 0 aliphatic carbocycles. The summed E-state index contributed by atoms with van der Waals surface area (Å²) in [5, 5.41) is 0.952. The van der Waals surface area contributed by atoms with Crippen molar-refractivity contribution in [2.45, 2.75) is 19.0 Å². The van der Waals surface area contributed by atoms with Gasteiger partial charge in [-0.15, -0.1) is 23.7 Å². The number of halogens is 2. The minimum Gasteiger partial charge on any atom is -0.486 e. The lowest BCUT2D eigenvalue weighted by Crippen LogP contribution is -2.25. The summed E-state index contributed by atoms with van der Waals surface area (Å²) in [6.45, 7) is 3.11. The quantitative estimate of drug-likeness (QED) is 0.927. The molecule has 2 N–H and O–H groups in total. The number of nitrogens with two attached hydrogens (primary N) is 1. The average Bonchev–Trinajstić information content (AvgIpc) is 2.73. The summed E-state index contributed by atoms with van der Waals surface area (Å²) in [5.74, 6) is 0. The van der Waals surface area contributed by atoms with Crippen LogP contribution in [0.5, 0.6) is 5.06 Å². The van der Waals surface area contributed by atoms with E-state index >= 15 is 0 Å². The summed E-state index contributed by atoms with van der Waals surface area (Å²) in [4.78, 5) is 3.72. The Labute approximate surface area is 114 Å². The van der Waals surface area contributed by atoms with Crippen molar-refractivity contribution >= 4 is 39.7 Å². The Morgan fingerprint density at radius 2 is 2.44 bits per heavy atom. The lowest BCUT2D eigenvalue weighted by Gasteiger charge is -2.12. The largest absolute Gasteiger partial charge is 0.486 e. The SMILES string of the molecule is COc1sc(CN2CCC(N)C2)cc1Br.Cl. The van der Waals surface area contributed by atoms with Crippen molar-refractivity contribution in [2.75, 3.05) is 20.2 Å². The van der Waals surface area contributed by atoms with Crippen LogP contribution >= 0.6 is 39.7 Å². The molecule has 0 bridgehead atoms. The Morgan fingerprint density at radius 3 is 2.94 bits per heavy atom. The highest BCUT2D eigenvalue weighted by atomic mass is 79.9. The monoisotopic (exact) mass is 326 g/mol. The van der Waals surface area contributed by atoms with Crippen LogP contribution in [-0.4, -0.2) is 31.1 Å². The van der Waals surface area contributed by atoms with Gasteiger partial charge in [0.1, 0.15) is 0 Å². The summed E-state index contributed by atoms with van der Waals surface area (Å²) in [6.07, 6.45) is 1.11. The fraction of sp³-hybridized carbons (Fsp3) is 0.600. The molecule has 3 nitrogen and oxygen atoms in total. The summed E-state index contributed by atoms with van der Waals surface area (Å²) < 4.78 is 6.29. The molecule has 0 aromatic carbocycles. The molecule has 2 rings (SSSR count). The molecule has 1 unspecified atom stereocenters. The zero-order chi connectivity index (χ0) is 10.8. The van der Waals surface area contributed by atoms with E-state index in [2.05, 4.69) is 26.9 Å². The topological polar surface area (TPSA) is 38.5 Å². The smallest absolute Gasteiger partial charge is 0.188 e. The zero-order valence-electron chi connectivity index (χ0n) is 9.11. The lowest BCUT2D eigenvalue weighted by molar-refractivity contribution is 0.330. The molecular formula is C10H16BrClN2OS. The van der Waals surface area contributed by atoms with Crippen molar-refractivity contribution in [3.05, 3.63) is 15.4 Å². The van der Waals surface area contributed by atoms with Crippen molar-refractivity contribution in [2.24, 2.45) is 5.73 Å². The van der Waals surface area contributed by atoms with Crippen molar-refractivity contribution in [3.8, 4) is 5.06 Å². The first-order chi connectivity index (χ1) is 7.19. The van der Waals surface area contributed by atoms with Gasteiger partial charge in [-0.3, -0.25) is 4.90 Å². The first kappa shape index (κ1) is 14.3. The standard InChI is InChI=1S/C10H15BrN2OS.ClH/c1-14-10-9(11)4-8(15-10)6-13-3-2-7(12)5-13;/h4,7H,2-3,5-6,12H2,1H3;1H. The average molecular weight is 328 g/mol. The highest BCUT2D eigenvalue weighted by Crippen LogP contribution is 2.35. The second-order valence-electron chi connectivity index (χ2n) is 3.84. The van der Waals surface area contributed by atoms with Crippen molar-refractivity contribution < 1.29 is 4.74 Å². The van der Waals surface area contributed by atoms with E-state index in [0.29, 0.717) is 6.04 Å². The molecule has 16 heavy (non-hydrogen) atoms. The summed E-state index contributed by atoms with van der Waals surface area (Å²) >= 11 is 5.18. The van der Waals surface area contributed by atoms with Crippen LogP contribution in [0.15, 0.2) is 10.5 Å². The number of thiophene rings is 1. The van der Waals surface area contributed by atoms with Gasteiger partial charge in [-0.25, -0.2) is 0 Å². The van der Waals surface area contributed by atoms with Crippen LogP contribution in [0, 0.1) is 0 Å². The maximum absolute atomic E-state index is 5.87. The Bertz CT molecular complexity index is 348. The van der Waals surface area contributed by atoms with Crippen LogP contribution in [0.25, 0.3) is 0 Å². The predicted molar refractivity (Wildman–Crippen MR) is 73.7 cm³/mol. The van der Waals surface area contributed by atoms with Crippen LogP contribution in [0.4, 0.5) is 0 Å². The van der Waals surface area contributed by atoms with Gasteiger partial charge >= 0.3 is 0 Å². The number of nitrogens with zero attached hydrogens (tertiary/aromatic N) is 1. The second-order valence-corrected chi connectivity index (χ2v) is 5.79. The normalized spacial score (nSPS) is 20.8. The van der Waals surface area contributed by atoms with Gasteiger partial charge in [0.2, 0.25) is 0 Å². The van der Waals surface area contributed by atoms with E-state index in [1.54, 1.807) is 18.4 Å². The van der Waals surface area contributed by atoms with Crippen LogP contribution in [0.2, 0.25) is 0 Å². The fourth-order valence-corrected chi connectivity index (χ4v) is 3.58. The van der Waals surface area contributed by atoms with Gasteiger partial charge in [0, 0.05) is 30.6 Å². The first-order valence-electron chi connectivity index (χ1n) is 4.99. The lowest BCUT2D eigenvalue weighted by atomic mass is 10.3. The molecule has 1 fully saturated rings. The third-order valence-electron chi connectivity index (χ3n) is 2.58. The molecule has 1 aliphatic heterocycles. The summed E-state index contributed by atoms with van der Waals surface area (Å²) in [6, 6.07) is 2.49. The van der Waals surface area contributed by atoms with Gasteiger partial charge < -0.3 is 10.5 Å². The Balaban J connectivity index is 0.00000128. The van der Waals surface area contributed by atoms with E-state index in [-0.39, 0.29) is 12.4 Å². The molecule has 1 saturated heterocycles. The molecule has 0 amide bonds. The third-order valence-corrected chi connectivity index (χ3v) is 4.51. The van der Waals surface area contributed by atoms with Crippen LogP contribution in [-0.2, 0) is 6.54 Å². The second kappa shape index (κ2) is 6.21. The van der Waals surface area contributed by atoms with E-state index in [0.717, 1.165) is 35.6 Å². The summed E-state index contributed by atoms with van der Waals surface area (Å²) in [7, 11) is 1.70. The zero-order valence-corrected chi connectivity index (χ0v) is 12.3. The maximum atomic E-state index is 5.87. The van der Waals surface area contributed by atoms with E-state index in [4.69, 9.17) is 10.5 Å². The van der Waals surface area contributed by atoms with Crippen molar-refractivity contribution in [1.29, 1.82) is 0 Å². The Kier molecular flexibility index (Phi) is 5.53. The third kappa shape index (κ3) is 3.34. The van der Waals surface area contributed by atoms with E-state index in [1.807, 2.05) is 0 Å². The van der Waals surface area contributed by atoms with Crippen LogP contribution in [0.1, 0.15) is 11.3 Å². The molecule has 6 heteroatoms. The number of rotatable bonds is 3. The first-order valence-corrected chi connectivity index (χ1v) is 6.60. The van der Waals surface area contributed by atoms with Gasteiger partial charge in [0.25, 0.3) is 0 Å². The van der Waals surface area contributed by atoms with Crippen molar-refractivity contribution in [3.63, 3.8) is 0 Å².